The lowest BCUT2D eigenvalue weighted by molar-refractivity contribution is 0.0486. The molecule has 1 fully saturated rings. The molecule has 0 N–H and O–H groups in total. The van der Waals surface area contributed by atoms with E-state index in [9.17, 15) is 4.79 Å². The van der Waals surface area contributed by atoms with E-state index >= 15 is 0 Å². The number of rotatable bonds is 3. The van der Waals surface area contributed by atoms with Gasteiger partial charge in [0.1, 0.15) is 0 Å². The van der Waals surface area contributed by atoms with Crippen LogP contribution in [0.15, 0.2) is 0 Å². The zero-order valence-electron chi connectivity index (χ0n) is 11.9. The molecule has 0 bridgehead atoms. The molecular weight excluding hydrogens is 218 g/mol. The molecular formula is C13H27NO3. The van der Waals surface area contributed by atoms with E-state index in [0.29, 0.717) is 5.92 Å². The van der Waals surface area contributed by atoms with Gasteiger partial charge in [-0.25, -0.2) is 4.79 Å². The van der Waals surface area contributed by atoms with Crippen molar-refractivity contribution in [2.24, 2.45) is 5.92 Å². The molecule has 1 aliphatic rings. The maximum atomic E-state index is 11.6. The third kappa shape index (κ3) is 6.51. The van der Waals surface area contributed by atoms with Gasteiger partial charge in [0.05, 0.1) is 12.7 Å². The maximum absolute atomic E-state index is 11.6. The molecule has 0 aliphatic carbocycles. The highest BCUT2D eigenvalue weighted by Gasteiger charge is 2.24. The lowest BCUT2D eigenvalue weighted by atomic mass is 9.99. The largest absolute Gasteiger partial charge is 0.447 e. The molecule has 4 nitrogen and oxygen atoms in total. The van der Waals surface area contributed by atoms with Crippen LogP contribution >= 0.6 is 0 Å². The SMILES string of the molecule is CC.COCC1CCCN(C(=O)OC(C)C)C1. The first kappa shape index (κ1) is 16.2. The van der Waals surface area contributed by atoms with Crippen molar-refractivity contribution in [2.75, 3.05) is 26.8 Å². The fourth-order valence-corrected chi connectivity index (χ4v) is 1.88. The molecule has 0 radical (unpaired) electrons. The molecule has 17 heavy (non-hydrogen) atoms. The average molecular weight is 245 g/mol. The Hall–Kier alpha value is -0.770. The van der Waals surface area contributed by atoms with E-state index in [2.05, 4.69) is 0 Å². The predicted octanol–water partition coefficient (Wildman–Crippen LogP) is 2.92. The highest BCUT2D eigenvalue weighted by atomic mass is 16.6. The summed E-state index contributed by atoms with van der Waals surface area (Å²) in [6, 6.07) is 0. The van der Waals surface area contributed by atoms with E-state index in [1.165, 1.54) is 0 Å². The van der Waals surface area contributed by atoms with Crippen LogP contribution in [0.2, 0.25) is 0 Å². The number of hydrogen-bond acceptors (Lipinski definition) is 3. The molecule has 1 rings (SSSR count). The topological polar surface area (TPSA) is 38.8 Å². The Morgan fingerprint density at radius 1 is 1.41 bits per heavy atom. The minimum atomic E-state index is -0.189. The van der Waals surface area contributed by atoms with Crippen LogP contribution in [0.4, 0.5) is 4.79 Å². The zero-order valence-corrected chi connectivity index (χ0v) is 11.9. The number of hydrogen-bond donors (Lipinski definition) is 0. The second-order valence-electron chi connectivity index (χ2n) is 4.34. The first-order valence-corrected chi connectivity index (χ1v) is 6.58. The fraction of sp³-hybridized carbons (Fsp3) is 0.923. The van der Waals surface area contributed by atoms with Gasteiger partial charge in [0.2, 0.25) is 0 Å². The van der Waals surface area contributed by atoms with Crippen molar-refractivity contribution in [2.45, 2.75) is 46.6 Å². The van der Waals surface area contributed by atoms with Gasteiger partial charge < -0.3 is 14.4 Å². The second kappa shape index (κ2) is 9.28. The van der Waals surface area contributed by atoms with Gasteiger partial charge in [0.25, 0.3) is 0 Å². The molecule has 1 atom stereocenters. The van der Waals surface area contributed by atoms with Crippen molar-refractivity contribution in [3.8, 4) is 0 Å². The van der Waals surface area contributed by atoms with Crippen molar-refractivity contribution in [3.05, 3.63) is 0 Å². The molecule has 0 saturated carbocycles. The molecule has 102 valence electrons. The normalized spacial score (nSPS) is 19.6. The third-order valence-electron chi connectivity index (χ3n) is 2.52. The molecule has 1 amide bonds. The van der Waals surface area contributed by atoms with Gasteiger partial charge in [-0.2, -0.15) is 0 Å². The smallest absolute Gasteiger partial charge is 0.410 e. The number of nitrogens with zero attached hydrogens (tertiary/aromatic N) is 1. The van der Waals surface area contributed by atoms with Crippen molar-refractivity contribution in [3.63, 3.8) is 0 Å². The summed E-state index contributed by atoms with van der Waals surface area (Å²) in [5.74, 6) is 0.462. The van der Waals surface area contributed by atoms with Crippen LogP contribution in [-0.4, -0.2) is 43.9 Å². The van der Waals surface area contributed by atoms with E-state index in [-0.39, 0.29) is 12.2 Å². The highest BCUT2D eigenvalue weighted by Crippen LogP contribution is 2.17. The number of amides is 1. The quantitative estimate of drug-likeness (QED) is 0.767. The number of methoxy groups -OCH3 is 1. The zero-order chi connectivity index (χ0) is 13.3. The van der Waals surface area contributed by atoms with Crippen LogP contribution in [0.25, 0.3) is 0 Å². The summed E-state index contributed by atoms with van der Waals surface area (Å²) >= 11 is 0. The van der Waals surface area contributed by atoms with Gasteiger partial charge in [-0.05, 0) is 26.7 Å². The Balaban J connectivity index is 0.00000121. The van der Waals surface area contributed by atoms with Crippen LogP contribution in [0, 0.1) is 5.92 Å². The summed E-state index contributed by atoms with van der Waals surface area (Å²) < 4.78 is 10.3. The summed E-state index contributed by atoms with van der Waals surface area (Å²) in [4.78, 5) is 13.4. The summed E-state index contributed by atoms with van der Waals surface area (Å²) in [6.07, 6.45) is 1.95. The Bertz CT molecular complexity index is 205. The minimum absolute atomic E-state index is 0.0414. The summed E-state index contributed by atoms with van der Waals surface area (Å²) in [5.41, 5.74) is 0. The van der Waals surface area contributed by atoms with Gasteiger partial charge >= 0.3 is 6.09 Å². The predicted molar refractivity (Wildman–Crippen MR) is 69.1 cm³/mol. The van der Waals surface area contributed by atoms with Crippen LogP contribution in [0.3, 0.4) is 0 Å². The van der Waals surface area contributed by atoms with Gasteiger partial charge in [0, 0.05) is 26.1 Å². The first-order chi connectivity index (χ1) is 8.13. The number of piperidine rings is 1. The van der Waals surface area contributed by atoms with E-state index in [1.807, 2.05) is 27.7 Å². The van der Waals surface area contributed by atoms with Crippen molar-refractivity contribution in [1.82, 2.24) is 4.90 Å². The molecule has 0 aromatic heterocycles. The standard InChI is InChI=1S/C11H21NO3.C2H6/c1-9(2)15-11(13)12-6-4-5-10(7-12)8-14-3;1-2/h9-10H,4-8H2,1-3H3;1-2H3. The second-order valence-corrected chi connectivity index (χ2v) is 4.34. The number of likely N-dealkylation sites (tertiary alicyclic amines) is 1. The first-order valence-electron chi connectivity index (χ1n) is 6.58. The molecule has 1 heterocycles. The van der Waals surface area contributed by atoms with E-state index in [4.69, 9.17) is 9.47 Å². The van der Waals surface area contributed by atoms with Crippen molar-refractivity contribution >= 4 is 6.09 Å². The molecule has 0 spiro atoms. The lowest BCUT2D eigenvalue weighted by Crippen LogP contribution is -2.42. The highest BCUT2D eigenvalue weighted by molar-refractivity contribution is 5.67. The van der Waals surface area contributed by atoms with Crippen LogP contribution in [-0.2, 0) is 9.47 Å². The third-order valence-corrected chi connectivity index (χ3v) is 2.52. The average Bonchev–Trinajstić information content (AvgIpc) is 2.31. The monoisotopic (exact) mass is 245 g/mol. The summed E-state index contributed by atoms with van der Waals surface area (Å²) in [6.45, 7) is 10.0. The van der Waals surface area contributed by atoms with Crippen LogP contribution in [0.1, 0.15) is 40.5 Å². The van der Waals surface area contributed by atoms with E-state index < -0.39 is 0 Å². The Morgan fingerprint density at radius 2 is 2.06 bits per heavy atom. The van der Waals surface area contributed by atoms with Crippen molar-refractivity contribution < 1.29 is 14.3 Å². The lowest BCUT2D eigenvalue weighted by Gasteiger charge is -2.32. The molecule has 0 aromatic rings. The van der Waals surface area contributed by atoms with Crippen LogP contribution in [0.5, 0.6) is 0 Å². The summed E-state index contributed by atoms with van der Waals surface area (Å²) in [5, 5.41) is 0. The Morgan fingerprint density at radius 3 is 2.59 bits per heavy atom. The van der Waals surface area contributed by atoms with Crippen molar-refractivity contribution in [1.29, 1.82) is 0 Å². The molecule has 1 unspecified atom stereocenters. The van der Waals surface area contributed by atoms with Gasteiger partial charge in [0.15, 0.2) is 0 Å². The number of carbonyl (C=O) groups is 1. The Kier molecular flexibility index (Phi) is 8.86. The molecule has 1 saturated heterocycles. The maximum Gasteiger partial charge on any atom is 0.410 e. The summed E-state index contributed by atoms with van der Waals surface area (Å²) in [7, 11) is 1.70. The minimum Gasteiger partial charge on any atom is -0.447 e. The van der Waals surface area contributed by atoms with E-state index in [0.717, 1.165) is 32.5 Å². The van der Waals surface area contributed by atoms with Crippen LogP contribution < -0.4 is 0 Å². The molecule has 1 aliphatic heterocycles. The van der Waals surface area contributed by atoms with Gasteiger partial charge in [-0.1, -0.05) is 13.8 Å². The van der Waals surface area contributed by atoms with Gasteiger partial charge in [-0.15, -0.1) is 0 Å². The fourth-order valence-electron chi connectivity index (χ4n) is 1.88. The molecule has 0 aromatic carbocycles. The molecule has 4 heteroatoms. The number of carbonyl (C=O) groups excluding carboxylic acids is 1. The number of ether oxygens (including phenoxy) is 2. The Labute approximate surface area is 105 Å². The van der Waals surface area contributed by atoms with Gasteiger partial charge in [-0.3, -0.25) is 0 Å². The van der Waals surface area contributed by atoms with E-state index in [1.54, 1.807) is 12.0 Å².